The Bertz CT molecular complexity index is 658. The van der Waals surface area contributed by atoms with Crippen LogP contribution in [0.25, 0.3) is 0 Å². The lowest BCUT2D eigenvalue weighted by molar-refractivity contribution is -0.137. The number of nitrogens with zero attached hydrogens (tertiary/aromatic N) is 1. The SMILES string of the molecule is CCOc1cc(C(=O)NCC(N)=O)ccc1OCC(=O)N1CCOCC1. The molecule has 1 heterocycles. The topological polar surface area (TPSA) is 120 Å². The first-order chi connectivity index (χ1) is 12.5. The van der Waals surface area contributed by atoms with Crippen LogP contribution in [0.1, 0.15) is 17.3 Å². The van der Waals surface area contributed by atoms with Gasteiger partial charge in [0, 0.05) is 18.7 Å². The number of benzene rings is 1. The molecule has 0 saturated carbocycles. The highest BCUT2D eigenvalue weighted by Gasteiger charge is 2.18. The van der Waals surface area contributed by atoms with Gasteiger partial charge < -0.3 is 30.2 Å². The van der Waals surface area contributed by atoms with E-state index in [-0.39, 0.29) is 19.1 Å². The van der Waals surface area contributed by atoms with Crippen LogP contribution in [-0.2, 0) is 14.3 Å². The number of nitrogens with two attached hydrogens (primary N) is 1. The van der Waals surface area contributed by atoms with Crippen LogP contribution in [0.2, 0.25) is 0 Å². The summed E-state index contributed by atoms with van der Waals surface area (Å²) in [6, 6.07) is 4.57. The minimum atomic E-state index is -0.634. The zero-order valence-corrected chi connectivity index (χ0v) is 14.7. The fourth-order valence-corrected chi connectivity index (χ4v) is 2.35. The fraction of sp³-hybridized carbons (Fsp3) is 0.471. The summed E-state index contributed by atoms with van der Waals surface area (Å²) in [7, 11) is 0. The summed E-state index contributed by atoms with van der Waals surface area (Å²) >= 11 is 0. The van der Waals surface area contributed by atoms with Crippen molar-refractivity contribution in [3.63, 3.8) is 0 Å². The van der Waals surface area contributed by atoms with Crippen LogP contribution >= 0.6 is 0 Å². The summed E-state index contributed by atoms with van der Waals surface area (Å²) < 4.78 is 16.3. The van der Waals surface area contributed by atoms with Crippen molar-refractivity contribution in [3.8, 4) is 11.5 Å². The molecule has 142 valence electrons. The Hall–Kier alpha value is -2.81. The Morgan fingerprint density at radius 3 is 2.58 bits per heavy atom. The number of primary amides is 1. The van der Waals surface area contributed by atoms with Gasteiger partial charge >= 0.3 is 0 Å². The molecule has 3 N–H and O–H groups in total. The first-order valence-corrected chi connectivity index (χ1v) is 8.33. The van der Waals surface area contributed by atoms with E-state index < -0.39 is 11.8 Å². The third kappa shape index (κ3) is 5.62. The maximum absolute atomic E-state index is 12.2. The molecule has 3 amide bonds. The average molecular weight is 365 g/mol. The molecule has 0 aromatic heterocycles. The van der Waals surface area contributed by atoms with Gasteiger partial charge in [-0.3, -0.25) is 14.4 Å². The van der Waals surface area contributed by atoms with Crippen molar-refractivity contribution in [2.45, 2.75) is 6.92 Å². The van der Waals surface area contributed by atoms with Gasteiger partial charge in [-0.15, -0.1) is 0 Å². The molecule has 9 heteroatoms. The van der Waals surface area contributed by atoms with Crippen molar-refractivity contribution in [1.82, 2.24) is 10.2 Å². The second-order valence-corrected chi connectivity index (χ2v) is 5.53. The predicted octanol–water partition coefficient (Wildman–Crippen LogP) is -0.462. The Morgan fingerprint density at radius 1 is 1.19 bits per heavy atom. The first-order valence-electron chi connectivity index (χ1n) is 8.33. The van der Waals surface area contributed by atoms with Gasteiger partial charge in [0.2, 0.25) is 5.91 Å². The smallest absolute Gasteiger partial charge is 0.260 e. The molecule has 1 aromatic carbocycles. The maximum Gasteiger partial charge on any atom is 0.260 e. The van der Waals surface area contributed by atoms with Gasteiger partial charge in [-0.25, -0.2) is 0 Å². The molecule has 0 radical (unpaired) electrons. The predicted molar refractivity (Wildman–Crippen MR) is 92.0 cm³/mol. The third-order valence-electron chi connectivity index (χ3n) is 3.64. The van der Waals surface area contributed by atoms with Crippen molar-refractivity contribution in [2.24, 2.45) is 5.73 Å². The van der Waals surface area contributed by atoms with E-state index in [2.05, 4.69) is 5.32 Å². The Labute approximate surface area is 151 Å². The van der Waals surface area contributed by atoms with Crippen molar-refractivity contribution in [3.05, 3.63) is 23.8 Å². The monoisotopic (exact) mass is 365 g/mol. The number of hydrogen-bond acceptors (Lipinski definition) is 6. The van der Waals surface area contributed by atoms with E-state index in [0.29, 0.717) is 50.0 Å². The second kappa shape index (κ2) is 9.62. The number of morpholine rings is 1. The van der Waals surface area contributed by atoms with E-state index in [1.54, 1.807) is 17.9 Å². The van der Waals surface area contributed by atoms with E-state index in [0.717, 1.165) is 0 Å². The molecular weight excluding hydrogens is 342 g/mol. The summed E-state index contributed by atoms with van der Waals surface area (Å²) in [6.45, 7) is 3.89. The van der Waals surface area contributed by atoms with Gasteiger partial charge in [0.1, 0.15) is 0 Å². The van der Waals surface area contributed by atoms with Crippen LogP contribution in [0.5, 0.6) is 11.5 Å². The van der Waals surface area contributed by atoms with Crippen LogP contribution in [0.4, 0.5) is 0 Å². The van der Waals surface area contributed by atoms with Crippen LogP contribution in [0.15, 0.2) is 18.2 Å². The van der Waals surface area contributed by atoms with Crippen LogP contribution in [0.3, 0.4) is 0 Å². The lowest BCUT2D eigenvalue weighted by Crippen LogP contribution is -2.43. The van der Waals surface area contributed by atoms with Crippen molar-refractivity contribution in [2.75, 3.05) is 46.1 Å². The Morgan fingerprint density at radius 2 is 1.92 bits per heavy atom. The largest absolute Gasteiger partial charge is 0.490 e. The average Bonchev–Trinajstić information content (AvgIpc) is 2.65. The van der Waals surface area contributed by atoms with E-state index in [1.807, 2.05) is 0 Å². The highest BCUT2D eigenvalue weighted by molar-refractivity contribution is 5.96. The number of carbonyl (C=O) groups is 3. The maximum atomic E-state index is 12.2. The fourth-order valence-electron chi connectivity index (χ4n) is 2.35. The Kier molecular flexibility index (Phi) is 7.22. The minimum Gasteiger partial charge on any atom is -0.490 e. The number of amides is 3. The van der Waals surface area contributed by atoms with Crippen LogP contribution in [-0.4, -0.2) is 68.7 Å². The van der Waals surface area contributed by atoms with Crippen molar-refractivity contribution < 1.29 is 28.6 Å². The molecule has 0 atom stereocenters. The quantitative estimate of drug-likeness (QED) is 0.643. The normalized spacial score (nSPS) is 13.8. The number of hydrogen-bond donors (Lipinski definition) is 2. The van der Waals surface area contributed by atoms with Gasteiger partial charge in [-0.05, 0) is 25.1 Å². The molecule has 1 aliphatic rings. The molecule has 1 aliphatic heterocycles. The van der Waals surface area contributed by atoms with Gasteiger partial charge in [0.05, 0.1) is 26.4 Å². The van der Waals surface area contributed by atoms with Crippen molar-refractivity contribution in [1.29, 1.82) is 0 Å². The number of carbonyl (C=O) groups excluding carboxylic acids is 3. The molecule has 0 bridgehead atoms. The summed E-state index contributed by atoms with van der Waals surface area (Å²) in [5.74, 6) is -0.529. The van der Waals surface area contributed by atoms with Crippen molar-refractivity contribution >= 4 is 17.7 Å². The van der Waals surface area contributed by atoms with Crippen LogP contribution < -0.4 is 20.5 Å². The van der Waals surface area contributed by atoms with E-state index in [4.69, 9.17) is 19.9 Å². The van der Waals surface area contributed by atoms with Crippen LogP contribution in [0, 0.1) is 0 Å². The van der Waals surface area contributed by atoms with E-state index in [9.17, 15) is 14.4 Å². The van der Waals surface area contributed by atoms with Gasteiger partial charge in [-0.1, -0.05) is 0 Å². The Balaban J connectivity index is 2.01. The summed E-state index contributed by atoms with van der Waals surface area (Å²) in [4.78, 5) is 36.6. The van der Waals surface area contributed by atoms with E-state index in [1.165, 1.54) is 12.1 Å². The number of nitrogens with one attached hydrogen (secondary N) is 1. The van der Waals surface area contributed by atoms with Gasteiger partial charge in [-0.2, -0.15) is 0 Å². The molecular formula is C17H23N3O6. The molecule has 0 unspecified atom stereocenters. The first kappa shape index (κ1) is 19.5. The molecule has 26 heavy (non-hydrogen) atoms. The molecule has 1 saturated heterocycles. The highest BCUT2D eigenvalue weighted by Crippen LogP contribution is 2.28. The molecule has 0 aliphatic carbocycles. The number of ether oxygens (including phenoxy) is 3. The summed E-state index contributed by atoms with van der Waals surface area (Å²) in [5, 5.41) is 2.40. The molecule has 1 fully saturated rings. The zero-order chi connectivity index (χ0) is 18.9. The standard InChI is InChI=1S/C17H23N3O6/c1-2-25-14-9-12(17(23)19-10-15(18)21)3-4-13(14)26-11-16(22)20-5-7-24-8-6-20/h3-4,9H,2,5-8,10-11H2,1H3,(H2,18,21)(H,19,23). The molecule has 1 aromatic rings. The summed E-state index contributed by atoms with van der Waals surface area (Å²) in [6.07, 6.45) is 0. The third-order valence-corrected chi connectivity index (χ3v) is 3.64. The highest BCUT2D eigenvalue weighted by atomic mass is 16.5. The second-order valence-electron chi connectivity index (χ2n) is 5.53. The lowest BCUT2D eigenvalue weighted by atomic mass is 10.2. The number of rotatable bonds is 8. The van der Waals surface area contributed by atoms with Gasteiger partial charge in [0.15, 0.2) is 18.1 Å². The van der Waals surface area contributed by atoms with E-state index >= 15 is 0 Å². The zero-order valence-electron chi connectivity index (χ0n) is 14.7. The molecule has 2 rings (SSSR count). The minimum absolute atomic E-state index is 0.132. The summed E-state index contributed by atoms with van der Waals surface area (Å²) in [5.41, 5.74) is 5.30. The molecule has 0 spiro atoms. The lowest BCUT2D eigenvalue weighted by Gasteiger charge is -2.26. The van der Waals surface area contributed by atoms with Gasteiger partial charge in [0.25, 0.3) is 11.8 Å². The molecule has 9 nitrogen and oxygen atoms in total.